The minimum Gasteiger partial charge on any atom is -0.294 e. The van der Waals surface area contributed by atoms with Crippen molar-refractivity contribution in [3.63, 3.8) is 0 Å². The van der Waals surface area contributed by atoms with Crippen LogP contribution in [0.1, 0.15) is 45.9 Å². The van der Waals surface area contributed by atoms with E-state index in [0.29, 0.717) is 11.6 Å². The minimum absolute atomic E-state index is 0.364. The van der Waals surface area contributed by atoms with E-state index in [2.05, 4.69) is 21.9 Å². The molecular weight excluding hydrogens is 262 g/mol. The Hall–Kier alpha value is -1.97. The van der Waals surface area contributed by atoms with Crippen molar-refractivity contribution in [1.29, 1.82) is 0 Å². The highest BCUT2D eigenvalue weighted by Crippen LogP contribution is 2.24. The van der Waals surface area contributed by atoms with Crippen LogP contribution in [0, 0.1) is 12.8 Å². The predicted octanol–water partition coefficient (Wildman–Crippen LogP) is 3.97. The number of aryl methyl sites for hydroxylation is 1. The quantitative estimate of drug-likeness (QED) is 0.863. The monoisotopic (exact) mass is 287 g/mol. The van der Waals surface area contributed by atoms with Crippen LogP contribution in [-0.4, -0.2) is 15.0 Å². The van der Waals surface area contributed by atoms with Crippen LogP contribution in [0.3, 0.4) is 0 Å². The van der Waals surface area contributed by atoms with E-state index in [4.69, 9.17) is 0 Å². The van der Waals surface area contributed by atoms with Gasteiger partial charge in [-0.2, -0.15) is 4.98 Å². The number of nitrogens with one attached hydrogen (secondary N) is 1. The van der Waals surface area contributed by atoms with E-state index in [-0.39, 0.29) is 5.69 Å². The average Bonchev–Trinajstić information content (AvgIpc) is 2.48. The molecule has 1 aromatic carbocycles. The van der Waals surface area contributed by atoms with E-state index in [1.807, 2.05) is 44.2 Å². The van der Waals surface area contributed by atoms with Crippen LogP contribution in [0.5, 0.6) is 0 Å². The van der Waals surface area contributed by atoms with Gasteiger partial charge in [0, 0.05) is 5.56 Å². The normalized spacial score (nSPS) is 13.1. The molecule has 1 heterocycles. The van der Waals surface area contributed by atoms with Gasteiger partial charge in [0.25, 0.3) is 0 Å². The fraction of sp³-hybridized carbons (Fsp3) is 0.471. The lowest BCUT2D eigenvalue weighted by molar-refractivity contribution is 0.346. The zero-order chi connectivity index (χ0) is 15.7. The van der Waals surface area contributed by atoms with Crippen molar-refractivity contribution in [2.24, 2.45) is 5.92 Å². The van der Waals surface area contributed by atoms with Crippen LogP contribution in [0.25, 0.3) is 11.4 Å². The molecule has 2 aromatic rings. The maximum Gasteiger partial charge on any atom is 0.348 e. The Labute approximate surface area is 126 Å². The maximum absolute atomic E-state index is 11.1. The van der Waals surface area contributed by atoms with Crippen LogP contribution >= 0.6 is 0 Å². The molecule has 1 fully saturated rings. The molecule has 1 saturated carbocycles. The van der Waals surface area contributed by atoms with E-state index in [0.717, 1.165) is 11.5 Å². The van der Waals surface area contributed by atoms with Gasteiger partial charge in [0.2, 0.25) is 0 Å². The molecule has 0 spiro atoms. The Morgan fingerprint density at radius 1 is 1.10 bits per heavy atom. The molecule has 3 rings (SSSR count). The number of aromatic nitrogens is 3. The second-order valence-electron chi connectivity index (χ2n) is 4.96. The summed E-state index contributed by atoms with van der Waals surface area (Å²) in [6.07, 6.45) is 4.46. The first-order valence-electron chi connectivity index (χ1n) is 7.65. The summed E-state index contributed by atoms with van der Waals surface area (Å²) in [6, 6.07) is 9.41. The molecule has 0 unspecified atom stereocenters. The summed E-state index contributed by atoms with van der Waals surface area (Å²) in [5.41, 5.74) is 0.484. The molecule has 21 heavy (non-hydrogen) atoms. The molecule has 0 saturated heterocycles. The van der Waals surface area contributed by atoms with E-state index in [1.54, 1.807) is 6.92 Å². The minimum atomic E-state index is -0.364. The maximum atomic E-state index is 11.1. The molecule has 0 bridgehead atoms. The molecule has 4 nitrogen and oxygen atoms in total. The molecule has 1 aromatic heterocycles. The lowest BCUT2D eigenvalue weighted by atomic mass is 9.88. The van der Waals surface area contributed by atoms with Crippen molar-refractivity contribution >= 4 is 0 Å². The smallest absolute Gasteiger partial charge is 0.294 e. The molecule has 0 atom stereocenters. The lowest BCUT2D eigenvalue weighted by Crippen LogP contribution is -2.14. The highest BCUT2D eigenvalue weighted by atomic mass is 16.1. The summed E-state index contributed by atoms with van der Waals surface area (Å²) >= 11 is 0. The standard InChI is InChI=1S/C10H9N3O.C5H10.C2H6/c1-7-11-9(13-10(14)12-7)8-5-3-2-4-6-8;1-5-3-2-4-5;1-2/h2-6H,1H3,(H,11,12,13,14);5H,2-4H2,1H3;1-2H3. The van der Waals surface area contributed by atoms with Crippen molar-refractivity contribution in [1.82, 2.24) is 15.0 Å². The van der Waals surface area contributed by atoms with Crippen LogP contribution in [0.15, 0.2) is 35.1 Å². The fourth-order valence-electron chi connectivity index (χ4n) is 1.82. The highest BCUT2D eigenvalue weighted by Gasteiger charge is 2.09. The molecule has 1 N–H and O–H groups in total. The topological polar surface area (TPSA) is 58.6 Å². The van der Waals surface area contributed by atoms with Gasteiger partial charge in [0.15, 0.2) is 5.82 Å². The number of aromatic amines is 1. The summed E-state index contributed by atoms with van der Waals surface area (Å²) in [6.45, 7) is 8.04. The van der Waals surface area contributed by atoms with Gasteiger partial charge < -0.3 is 0 Å². The van der Waals surface area contributed by atoms with Gasteiger partial charge in [-0.05, 0) is 12.8 Å². The van der Waals surface area contributed by atoms with Gasteiger partial charge in [-0.1, -0.05) is 70.4 Å². The zero-order valence-electron chi connectivity index (χ0n) is 13.4. The molecule has 0 radical (unpaired) electrons. The molecule has 4 heteroatoms. The number of hydrogen-bond donors (Lipinski definition) is 1. The van der Waals surface area contributed by atoms with Crippen molar-refractivity contribution in [2.45, 2.75) is 47.0 Å². The van der Waals surface area contributed by atoms with E-state index in [9.17, 15) is 4.79 Å². The van der Waals surface area contributed by atoms with Gasteiger partial charge in [-0.25, -0.2) is 9.78 Å². The van der Waals surface area contributed by atoms with E-state index < -0.39 is 0 Å². The lowest BCUT2D eigenvalue weighted by Gasteiger charge is -2.18. The van der Waals surface area contributed by atoms with Crippen LogP contribution in [-0.2, 0) is 0 Å². The Kier molecular flexibility index (Phi) is 7.37. The summed E-state index contributed by atoms with van der Waals surface area (Å²) in [7, 11) is 0. The second-order valence-corrected chi connectivity index (χ2v) is 4.96. The van der Waals surface area contributed by atoms with E-state index in [1.165, 1.54) is 19.3 Å². The largest absolute Gasteiger partial charge is 0.348 e. The first kappa shape index (κ1) is 17.1. The van der Waals surface area contributed by atoms with Crippen LogP contribution < -0.4 is 5.69 Å². The van der Waals surface area contributed by atoms with Crippen LogP contribution in [0.4, 0.5) is 0 Å². The first-order valence-corrected chi connectivity index (χ1v) is 7.65. The number of hydrogen-bond acceptors (Lipinski definition) is 3. The first-order chi connectivity index (χ1) is 10.1. The summed E-state index contributed by atoms with van der Waals surface area (Å²) < 4.78 is 0. The Balaban J connectivity index is 0.000000263. The summed E-state index contributed by atoms with van der Waals surface area (Å²) in [5.74, 6) is 2.10. The highest BCUT2D eigenvalue weighted by molar-refractivity contribution is 5.53. The molecule has 1 aliphatic rings. The number of H-pyrrole nitrogens is 1. The Morgan fingerprint density at radius 3 is 2.10 bits per heavy atom. The predicted molar refractivity (Wildman–Crippen MR) is 87.2 cm³/mol. The Morgan fingerprint density at radius 2 is 1.67 bits per heavy atom. The second kappa shape index (κ2) is 9.06. The number of nitrogens with zero attached hydrogens (tertiary/aromatic N) is 2. The molecular formula is C17H25N3O. The molecule has 114 valence electrons. The summed E-state index contributed by atoms with van der Waals surface area (Å²) in [4.78, 5) is 21.5. The van der Waals surface area contributed by atoms with Gasteiger partial charge in [0.1, 0.15) is 5.82 Å². The molecule has 1 aliphatic carbocycles. The van der Waals surface area contributed by atoms with Crippen molar-refractivity contribution in [3.05, 3.63) is 46.6 Å². The van der Waals surface area contributed by atoms with E-state index >= 15 is 0 Å². The SMILES string of the molecule is CC.CC1CCC1.Cc1nc(-c2ccccc2)nc(=O)[nH]1. The van der Waals surface area contributed by atoms with Gasteiger partial charge in [-0.3, -0.25) is 4.98 Å². The Bertz CT molecular complexity index is 574. The van der Waals surface area contributed by atoms with Crippen molar-refractivity contribution in [3.8, 4) is 11.4 Å². The third kappa shape index (κ3) is 5.90. The third-order valence-electron chi connectivity index (χ3n) is 3.19. The zero-order valence-corrected chi connectivity index (χ0v) is 13.4. The summed E-state index contributed by atoms with van der Waals surface area (Å²) in [5, 5.41) is 0. The molecule has 0 aliphatic heterocycles. The third-order valence-corrected chi connectivity index (χ3v) is 3.19. The molecule has 0 amide bonds. The fourth-order valence-corrected chi connectivity index (χ4v) is 1.82. The van der Waals surface area contributed by atoms with Crippen LogP contribution in [0.2, 0.25) is 0 Å². The van der Waals surface area contributed by atoms with Crippen molar-refractivity contribution in [2.75, 3.05) is 0 Å². The van der Waals surface area contributed by atoms with Gasteiger partial charge in [0.05, 0.1) is 0 Å². The van der Waals surface area contributed by atoms with Crippen molar-refractivity contribution < 1.29 is 0 Å². The van der Waals surface area contributed by atoms with Gasteiger partial charge >= 0.3 is 5.69 Å². The van der Waals surface area contributed by atoms with Gasteiger partial charge in [-0.15, -0.1) is 0 Å². The number of rotatable bonds is 1. The number of benzene rings is 1. The average molecular weight is 287 g/mol.